The van der Waals surface area contributed by atoms with E-state index in [-0.39, 0.29) is 23.1 Å². The molecule has 1 aliphatic carbocycles. The van der Waals surface area contributed by atoms with Gasteiger partial charge < -0.3 is 15.2 Å². The van der Waals surface area contributed by atoms with Crippen LogP contribution >= 0.6 is 0 Å². The summed E-state index contributed by atoms with van der Waals surface area (Å²) >= 11 is 0. The molecule has 244 valence electrons. The number of nitrogen functional groups attached to an aromatic ring is 1. The summed E-state index contributed by atoms with van der Waals surface area (Å²) in [5.41, 5.74) is 5.22. The predicted molar refractivity (Wildman–Crippen MR) is 148 cm³/mol. The Balaban J connectivity index is 1.51. The Morgan fingerprint density at radius 2 is 1.70 bits per heavy atom. The fourth-order valence-electron chi connectivity index (χ4n) is 4.99. The number of alkyl halides is 6. The van der Waals surface area contributed by atoms with Gasteiger partial charge in [-0.05, 0) is 37.1 Å². The lowest BCUT2D eigenvalue weighted by atomic mass is 10.1. The molecule has 11 nitrogen and oxygen atoms in total. The minimum atomic E-state index is -5.03. The van der Waals surface area contributed by atoms with Crippen LogP contribution in [0.2, 0.25) is 0 Å². The zero-order valence-corrected chi connectivity index (χ0v) is 24.1. The van der Waals surface area contributed by atoms with Crippen LogP contribution in [-0.4, -0.2) is 53.7 Å². The summed E-state index contributed by atoms with van der Waals surface area (Å²) in [5.74, 6) is -3.19. The van der Waals surface area contributed by atoms with Gasteiger partial charge in [-0.15, -0.1) is 0 Å². The average molecular weight is 674 g/mol. The number of anilines is 2. The lowest BCUT2D eigenvalue weighted by Gasteiger charge is -2.18. The van der Waals surface area contributed by atoms with Crippen LogP contribution in [0.1, 0.15) is 37.3 Å². The maximum Gasteiger partial charge on any atom is 0.422 e. The number of hydrogen-bond donors (Lipinski definition) is 2. The number of hydrogen-bond acceptors (Lipinski definition) is 9. The van der Waals surface area contributed by atoms with Crippen molar-refractivity contribution in [3.63, 3.8) is 0 Å². The third-order valence-corrected chi connectivity index (χ3v) is 8.32. The molecule has 0 saturated heterocycles. The molecule has 2 aromatic carbocycles. The molecular formula is C27H22F7N7O4S. The van der Waals surface area contributed by atoms with Crippen LogP contribution in [0.15, 0.2) is 41.6 Å². The molecule has 0 radical (unpaired) electrons. The standard InChI is InChI=1S/C27H22F7N7O4S/c28-17-9-14(22-21-24(36)37-13-38-25(21)41(39-22)15-3-1-2-4-15)5-6-18(17)40-46(42,43)20-8-7-19(44-11-26(29,30)31)16(10-35)23(20)45-12-27(32,33)34/h5-9,13,15,40H,1-4,11-12H2,(H2,36,37,38). The van der Waals surface area contributed by atoms with Gasteiger partial charge in [-0.3, -0.25) is 4.72 Å². The van der Waals surface area contributed by atoms with Gasteiger partial charge in [0.25, 0.3) is 10.0 Å². The Morgan fingerprint density at radius 1 is 1.02 bits per heavy atom. The van der Waals surface area contributed by atoms with E-state index in [0.717, 1.165) is 37.8 Å². The van der Waals surface area contributed by atoms with Gasteiger partial charge in [0.2, 0.25) is 0 Å². The van der Waals surface area contributed by atoms with Gasteiger partial charge in [-0.1, -0.05) is 18.9 Å². The van der Waals surface area contributed by atoms with Crippen molar-refractivity contribution in [2.24, 2.45) is 0 Å². The van der Waals surface area contributed by atoms with E-state index >= 15 is 4.39 Å². The number of rotatable bonds is 9. The maximum absolute atomic E-state index is 15.4. The van der Waals surface area contributed by atoms with Gasteiger partial charge in [0.05, 0.1) is 17.1 Å². The van der Waals surface area contributed by atoms with Crippen molar-refractivity contribution in [3.05, 3.63) is 48.0 Å². The van der Waals surface area contributed by atoms with Crippen LogP contribution < -0.4 is 19.9 Å². The zero-order chi connectivity index (χ0) is 33.4. The molecule has 0 bridgehead atoms. The van der Waals surface area contributed by atoms with Gasteiger partial charge >= 0.3 is 12.4 Å². The first-order chi connectivity index (χ1) is 21.6. The second kappa shape index (κ2) is 12.2. The molecule has 46 heavy (non-hydrogen) atoms. The van der Waals surface area contributed by atoms with Gasteiger partial charge in [0, 0.05) is 5.56 Å². The van der Waals surface area contributed by atoms with Crippen molar-refractivity contribution >= 4 is 32.6 Å². The van der Waals surface area contributed by atoms with Gasteiger partial charge in [-0.2, -0.15) is 36.7 Å². The fraction of sp³-hybridized carbons (Fsp3) is 0.333. The molecule has 0 atom stereocenters. The minimum Gasteiger partial charge on any atom is -0.483 e. The van der Waals surface area contributed by atoms with Crippen molar-refractivity contribution < 1.29 is 48.6 Å². The lowest BCUT2D eigenvalue weighted by Crippen LogP contribution is -2.23. The van der Waals surface area contributed by atoms with Crippen molar-refractivity contribution in [3.8, 4) is 28.8 Å². The van der Waals surface area contributed by atoms with Crippen molar-refractivity contribution in [1.82, 2.24) is 19.7 Å². The van der Waals surface area contributed by atoms with Crippen LogP contribution in [-0.2, 0) is 10.0 Å². The van der Waals surface area contributed by atoms with Gasteiger partial charge in [-0.25, -0.2) is 27.5 Å². The Bertz CT molecular complexity index is 1930. The largest absolute Gasteiger partial charge is 0.483 e. The van der Waals surface area contributed by atoms with E-state index in [1.807, 2.05) is 4.72 Å². The predicted octanol–water partition coefficient (Wildman–Crippen LogP) is 5.88. The maximum atomic E-state index is 15.4. The zero-order valence-electron chi connectivity index (χ0n) is 23.3. The SMILES string of the molecule is N#Cc1c(OCC(F)(F)F)ccc(S(=O)(=O)Nc2ccc(-c3nn(C4CCCC4)c4ncnc(N)c34)cc2F)c1OCC(F)(F)F. The highest BCUT2D eigenvalue weighted by Crippen LogP contribution is 2.39. The molecule has 1 fully saturated rings. The van der Waals surface area contributed by atoms with Crippen LogP contribution in [0.25, 0.3) is 22.3 Å². The second-order valence-electron chi connectivity index (χ2n) is 10.2. The molecule has 4 aromatic rings. The normalized spacial score (nSPS) is 14.4. The molecule has 19 heteroatoms. The molecule has 2 heterocycles. The minimum absolute atomic E-state index is 0.0267. The first-order valence-corrected chi connectivity index (χ1v) is 14.8. The number of halogens is 7. The van der Waals surface area contributed by atoms with Crippen molar-refractivity contribution in [2.75, 3.05) is 23.7 Å². The summed E-state index contributed by atoms with van der Waals surface area (Å²) in [6, 6.07) is 5.81. The van der Waals surface area contributed by atoms with E-state index in [0.29, 0.717) is 23.2 Å². The first kappa shape index (κ1) is 32.5. The molecule has 5 rings (SSSR count). The number of nitrogens with one attached hydrogen (secondary N) is 1. The highest BCUT2D eigenvalue weighted by Gasteiger charge is 2.34. The summed E-state index contributed by atoms with van der Waals surface area (Å²) in [6.07, 6.45) is -5.02. The van der Waals surface area contributed by atoms with E-state index in [4.69, 9.17) is 5.73 Å². The monoisotopic (exact) mass is 673 g/mol. The number of nitriles is 1. The Morgan fingerprint density at radius 3 is 2.33 bits per heavy atom. The van der Waals surface area contributed by atoms with Crippen molar-refractivity contribution in [2.45, 2.75) is 49.0 Å². The number of nitrogens with two attached hydrogens (primary N) is 1. The third kappa shape index (κ3) is 6.85. The van der Waals surface area contributed by atoms with E-state index < -0.39 is 69.1 Å². The van der Waals surface area contributed by atoms with E-state index in [1.54, 1.807) is 4.68 Å². The number of benzene rings is 2. The Hall–Kier alpha value is -4.86. The molecule has 1 saturated carbocycles. The van der Waals surface area contributed by atoms with Crippen LogP contribution in [0, 0.1) is 17.1 Å². The third-order valence-electron chi connectivity index (χ3n) is 6.93. The van der Waals surface area contributed by atoms with Crippen LogP contribution in [0.3, 0.4) is 0 Å². The first-order valence-electron chi connectivity index (χ1n) is 13.4. The molecule has 2 aromatic heterocycles. The van der Waals surface area contributed by atoms with Gasteiger partial charge in [0.15, 0.2) is 24.6 Å². The highest BCUT2D eigenvalue weighted by molar-refractivity contribution is 7.92. The Kier molecular flexibility index (Phi) is 8.59. The highest BCUT2D eigenvalue weighted by atomic mass is 32.2. The molecule has 3 N–H and O–H groups in total. The molecule has 1 aliphatic rings. The lowest BCUT2D eigenvalue weighted by molar-refractivity contribution is -0.154. The summed E-state index contributed by atoms with van der Waals surface area (Å²) in [7, 11) is -5.02. The van der Waals surface area contributed by atoms with E-state index in [2.05, 4.69) is 24.5 Å². The number of aromatic nitrogens is 4. The van der Waals surface area contributed by atoms with Crippen LogP contribution in [0.5, 0.6) is 11.5 Å². The second-order valence-corrected chi connectivity index (χ2v) is 11.8. The van der Waals surface area contributed by atoms with Crippen molar-refractivity contribution in [1.29, 1.82) is 5.26 Å². The average Bonchev–Trinajstić information content (AvgIpc) is 3.64. The number of nitrogens with zero attached hydrogens (tertiary/aromatic N) is 5. The molecule has 0 aliphatic heterocycles. The molecule has 0 unspecified atom stereocenters. The summed E-state index contributed by atoms with van der Waals surface area (Å²) < 4.78 is 132. The smallest absolute Gasteiger partial charge is 0.422 e. The molecular weight excluding hydrogens is 651 g/mol. The number of ether oxygens (including phenoxy) is 2. The van der Waals surface area contributed by atoms with E-state index in [1.165, 1.54) is 18.5 Å². The number of sulfonamides is 1. The summed E-state index contributed by atoms with van der Waals surface area (Å²) in [4.78, 5) is 7.19. The van der Waals surface area contributed by atoms with Gasteiger partial charge in [0.1, 0.15) is 45.9 Å². The summed E-state index contributed by atoms with van der Waals surface area (Å²) in [5, 5.41) is 14.5. The quantitative estimate of drug-likeness (QED) is 0.207. The fourth-order valence-corrected chi connectivity index (χ4v) is 6.20. The van der Waals surface area contributed by atoms with E-state index in [9.17, 15) is 40.0 Å². The molecule has 0 amide bonds. The van der Waals surface area contributed by atoms with Crippen LogP contribution in [0.4, 0.5) is 42.2 Å². The Labute approximate surface area is 255 Å². The molecule has 0 spiro atoms. The number of fused-ring (bicyclic) bond motifs is 1. The topological polar surface area (TPSA) is 158 Å². The summed E-state index contributed by atoms with van der Waals surface area (Å²) in [6.45, 7) is -4.04.